The number of allylic oxidation sites excluding steroid dienone is 1. The summed E-state index contributed by atoms with van der Waals surface area (Å²) in [5, 5.41) is 0. The summed E-state index contributed by atoms with van der Waals surface area (Å²) < 4.78 is 0. The van der Waals surface area contributed by atoms with Gasteiger partial charge in [0.2, 0.25) is 0 Å². The summed E-state index contributed by atoms with van der Waals surface area (Å²) >= 11 is 0. The van der Waals surface area contributed by atoms with Crippen molar-refractivity contribution in [3.63, 3.8) is 0 Å². The van der Waals surface area contributed by atoms with E-state index < -0.39 is 0 Å². The van der Waals surface area contributed by atoms with E-state index in [1.54, 1.807) is 0 Å². The molecule has 0 aliphatic rings. The average molecular weight is 188 g/mol. The van der Waals surface area contributed by atoms with E-state index >= 15 is 0 Å². The molecule has 0 radical (unpaired) electrons. The third-order valence-electron chi connectivity index (χ3n) is 0. The average Bonchev–Trinajstić information content (AvgIpc) is 1.88. The van der Waals surface area contributed by atoms with Crippen molar-refractivity contribution in [3.05, 3.63) is 12.2 Å². The summed E-state index contributed by atoms with van der Waals surface area (Å²) in [6.07, 6.45) is 3.75. The van der Waals surface area contributed by atoms with Crippen molar-refractivity contribution in [3.8, 4) is 0 Å². The van der Waals surface area contributed by atoms with Gasteiger partial charge in [0.05, 0.1) is 0 Å². The fourth-order valence-corrected chi connectivity index (χ4v) is 0. The van der Waals surface area contributed by atoms with Gasteiger partial charge < -0.3 is 0 Å². The highest BCUT2D eigenvalue weighted by atomic mass is 13.6. The van der Waals surface area contributed by atoms with Crippen molar-refractivity contribution in [2.45, 2.75) is 74.7 Å². The van der Waals surface area contributed by atoms with Crippen molar-refractivity contribution >= 4 is 0 Å². The topological polar surface area (TPSA) is 0 Å². The van der Waals surface area contributed by atoms with Gasteiger partial charge in [-0.3, -0.25) is 0 Å². The predicted octanol–water partition coefficient (Wildman–Crippen LogP) is 5.83. The van der Waals surface area contributed by atoms with Crippen LogP contribution in [0.15, 0.2) is 12.2 Å². The third kappa shape index (κ3) is 16500. The van der Waals surface area contributed by atoms with Crippen molar-refractivity contribution in [2.75, 3.05) is 0 Å². The van der Waals surface area contributed by atoms with E-state index in [9.17, 15) is 0 Å². The highest BCUT2D eigenvalue weighted by molar-refractivity contribution is 4.78. The summed E-state index contributed by atoms with van der Waals surface area (Å²) in [6.45, 7) is 20.2. The highest BCUT2D eigenvalue weighted by Gasteiger charge is 1.51. The van der Waals surface area contributed by atoms with Crippen LogP contribution in [0.1, 0.15) is 74.7 Å². The lowest BCUT2D eigenvalue weighted by molar-refractivity contribution is 1.09. The summed E-state index contributed by atoms with van der Waals surface area (Å²) in [7, 11) is 0. The SMILES string of the molecule is C=C(C)C.CCC.CCC.CCC. The van der Waals surface area contributed by atoms with Gasteiger partial charge in [-0.25, -0.2) is 0 Å². The zero-order valence-corrected chi connectivity index (χ0v) is 11.3. The van der Waals surface area contributed by atoms with Crippen molar-refractivity contribution in [1.82, 2.24) is 0 Å². The van der Waals surface area contributed by atoms with Gasteiger partial charge in [-0.05, 0) is 13.8 Å². The molecule has 0 rings (SSSR count). The summed E-state index contributed by atoms with van der Waals surface area (Å²) in [5.41, 5.74) is 1.17. The molecule has 0 aromatic rings. The van der Waals surface area contributed by atoms with Crippen LogP contribution in [-0.4, -0.2) is 0 Å². The second kappa shape index (κ2) is 41.1. The number of hydrogen-bond acceptors (Lipinski definition) is 0. The molecule has 13 heavy (non-hydrogen) atoms. The lowest BCUT2D eigenvalue weighted by Crippen LogP contribution is -1.43. The molecule has 0 bridgehead atoms. The summed E-state index contributed by atoms with van der Waals surface area (Å²) in [6, 6.07) is 0. The van der Waals surface area contributed by atoms with Crippen molar-refractivity contribution in [2.24, 2.45) is 0 Å². The van der Waals surface area contributed by atoms with Crippen molar-refractivity contribution in [1.29, 1.82) is 0 Å². The van der Waals surface area contributed by atoms with Crippen LogP contribution in [0.5, 0.6) is 0 Å². The molecule has 0 saturated carbocycles. The molecular weight excluding hydrogens is 156 g/mol. The van der Waals surface area contributed by atoms with Crippen molar-refractivity contribution < 1.29 is 0 Å². The van der Waals surface area contributed by atoms with Gasteiger partial charge in [0.1, 0.15) is 0 Å². The molecule has 0 amide bonds. The Kier molecular flexibility index (Phi) is 72.7. The maximum atomic E-state index is 3.56. The van der Waals surface area contributed by atoms with Gasteiger partial charge >= 0.3 is 0 Å². The zero-order chi connectivity index (χ0) is 11.7. The zero-order valence-electron chi connectivity index (χ0n) is 11.3. The Hall–Kier alpha value is -0.260. The molecule has 0 aliphatic heterocycles. The Morgan fingerprint density at radius 1 is 0.692 bits per heavy atom. The monoisotopic (exact) mass is 188 g/mol. The highest BCUT2D eigenvalue weighted by Crippen LogP contribution is 1.73. The van der Waals surface area contributed by atoms with Gasteiger partial charge in [-0.15, -0.1) is 6.58 Å². The van der Waals surface area contributed by atoms with Crippen LogP contribution in [0.3, 0.4) is 0 Å². The minimum atomic E-state index is 1.17. The molecule has 0 spiro atoms. The molecule has 0 N–H and O–H groups in total. The van der Waals surface area contributed by atoms with E-state index in [0.29, 0.717) is 0 Å². The molecule has 0 nitrogen and oxygen atoms in total. The molecule has 0 heterocycles. The first-order valence-corrected chi connectivity index (χ1v) is 5.60. The maximum Gasteiger partial charge on any atom is -0.0445 e. The van der Waals surface area contributed by atoms with Gasteiger partial charge in [-0.1, -0.05) is 66.4 Å². The fraction of sp³-hybridized carbons (Fsp3) is 0.846. The predicted molar refractivity (Wildman–Crippen MR) is 68.4 cm³/mol. The molecule has 0 aromatic heterocycles. The minimum Gasteiger partial charge on any atom is -0.100 e. The lowest BCUT2D eigenvalue weighted by Gasteiger charge is -1.65. The Balaban J connectivity index is -0.0000000420. The smallest absolute Gasteiger partial charge is 0.0445 e. The number of hydrogen-bond donors (Lipinski definition) is 0. The molecule has 0 aliphatic carbocycles. The summed E-state index contributed by atoms with van der Waals surface area (Å²) in [5.74, 6) is 0. The number of rotatable bonds is 0. The van der Waals surface area contributed by atoms with Crippen LogP contribution in [0.2, 0.25) is 0 Å². The van der Waals surface area contributed by atoms with Gasteiger partial charge in [0.15, 0.2) is 0 Å². The van der Waals surface area contributed by atoms with E-state index in [0.717, 1.165) is 0 Å². The molecule has 0 heteroatoms. The molecule has 84 valence electrons. The molecule has 0 unspecified atom stereocenters. The maximum absolute atomic E-state index is 3.56. The van der Waals surface area contributed by atoms with E-state index in [1.165, 1.54) is 24.8 Å². The molecule has 0 atom stereocenters. The van der Waals surface area contributed by atoms with Crippen LogP contribution in [-0.2, 0) is 0 Å². The second-order valence-electron chi connectivity index (χ2n) is 3.33. The van der Waals surface area contributed by atoms with E-state index in [4.69, 9.17) is 0 Å². The first kappa shape index (κ1) is 23.0. The normalized spacial score (nSPS) is 6.15. The second-order valence-corrected chi connectivity index (χ2v) is 3.33. The van der Waals surface area contributed by atoms with Crippen LogP contribution in [0.25, 0.3) is 0 Å². The lowest BCUT2D eigenvalue weighted by atomic mass is 10.4. The van der Waals surface area contributed by atoms with E-state index in [2.05, 4.69) is 48.1 Å². The fourth-order valence-electron chi connectivity index (χ4n) is 0. The quantitative estimate of drug-likeness (QED) is 0.419. The first-order valence-electron chi connectivity index (χ1n) is 5.60. The van der Waals surface area contributed by atoms with E-state index in [-0.39, 0.29) is 0 Å². The van der Waals surface area contributed by atoms with Gasteiger partial charge in [0, 0.05) is 0 Å². The summed E-state index contributed by atoms with van der Waals surface area (Å²) in [4.78, 5) is 0. The largest absolute Gasteiger partial charge is 0.100 e. The van der Waals surface area contributed by atoms with E-state index in [1.807, 2.05) is 13.8 Å². The molecule has 0 fully saturated rings. The standard InChI is InChI=1S/C4H8.3C3H8/c1-4(2)3;3*1-3-2/h1H2,2-3H3;3*3H2,1-2H3. The first-order chi connectivity index (χ1) is 5.97. The Bertz CT molecular complexity index is 44.3. The third-order valence-corrected chi connectivity index (χ3v) is 0. The Labute approximate surface area is 87.4 Å². The molecule has 0 saturated heterocycles. The van der Waals surface area contributed by atoms with Crippen LogP contribution in [0, 0.1) is 0 Å². The minimum absolute atomic E-state index is 1.17. The van der Waals surface area contributed by atoms with Crippen LogP contribution in [0.4, 0.5) is 0 Å². The van der Waals surface area contributed by atoms with Gasteiger partial charge in [0.25, 0.3) is 0 Å². The van der Waals surface area contributed by atoms with Crippen LogP contribution >= 0.6 is 0 Å². The van der Waals surface area contributed by atoms with Crippen LogP contribution < -0.4 is 0 Å². The van der Waals surface area contributed by atoms with Gasteiger partial charge in [-0.2, -0.15) is 0 Å². The Morgan fingerprint density at radius 2 is 0.692 bits per heavy atom. The molecule has 0 aromatic carbocycles. The molecular formula is C13H32. The Morgan fingerprint density at radius 3 is 0.692 bits per heavy atom.